The zero-order valence-corrected chi connectivity index (χ0v) is 13.8. The number of carbonyl (C=O) groups is 1. The standard InChI is InChI=1S/C18H15Cl2NO2/c19-13-7-8-17-15(10-13)12(11-21-17)4-3-9-23-18(22)14-5-1-2-6-16(14)20/h1-2,5-8,10-11,21H,3-4,9H2. The van der Waals surface area contributed by atoms with Gasteiger partial charge < -0.3 is 9.72 Å². The number of aryl methyl sites for hydroxylation is 1. The third-order valence-corrected chi connectivity index (χ3v) is 4.21. The maximum atomic E-state index is 12.0. The monoisotopic (exact) mass is 347 g/mol. The van der Waals surface area contributed by atoms with Gasteiger partial charge in [-0.15, -0.1) is 0 Å². The van der Waals surface area contributed by atoms with Crippen LogP contribution in [0.2, 0.25) is 10.0 Å². The summed E-state index contributed by atoms with van der Waals surface area (Å²) in [5.74, 6) is -0.391. The second kappa shape index (κ2) is 7.07. The summed E-state index contributed by atoms with van der Waals surface area (Å²) in [6, 6.07) is 12.6. The highest BCUT2D eigenvalue weighted by molar-refractivity contribution is 6.33. The Morgan fingerprint density at radius 2 is 1.96 bits per heavy atom. The van der Waals surface area contributed by atoms with Crippen molar-refractivity contribution < 1.29 is 9.53 Å². The molecule has 0 aliphatic heterocycles. The van der Waals surface area contributed by atoms with Gasteiger partial charge in [0.05, 0.1) is 17.2 Å². The first-order chi connectivity index (χ1) is 11.1. The van der Waals surface area contributed by atoms with Crippen LogP contribution in [-0.2, 0) is 11.2 Å². The van der Waals surface area contributed by atoms with Gasteiger partial charge in [0, 0.05) is 22.1 Å². The molecule has 1 N–H and O–H groups in total. The minimum Gasteiger partial charge on any atom is -0.462 e. The summed E-state index contributed by atoms with van der Waals surface area (Å²) in [5.41, 5.74) is 2.61. The van der Waals surface area contributed by atoms with Gasteiger partial charge in [-0.3, -0.25) is 0 Å². The summed E-state index contributed by atoms with van der Waals surface area (Å²) in [6.45, 7) is 0.345. The van der Waals surface area contributed by atoms with Gasteiger partial charge in [-0.1, -0.05) is 35.3 Å². The zero-order valence-electron chi connectivity index (χ0n) is 12.3. The predicted octanol–water partition coefficient (Wildman–Crippen LogP) is 5.26. The summed E-state index contributed by atoms with van der Waals surface area (Å²) < 4.78 is 5.28. The number of benzene rings is 2. The van der Waals surface area contributed by atoms with Crippen molar-refractivity contribution in [3.8, 4) is 0 Å². The van der Waals surface area contributed by atoms with E-state index in [9.17, 15) is 4.79 Å². The van der Waals surface area contributed by atoms with Crippen LogP contribution in [-0.4, -0.2) is 17.6 Å². The SMILES string of the molecule is O=C(OCCCc1c[nH]c2ccc(Cl)cc12)c1ccccc1Cl. The maximum Gasteiger partial charge on any atom is 0.339 e. The molecule has 0 spiro atoms. The highest BCUT2D eigenvalue weighted by Crippen LogP contribution is 2.23. The van der Waals surface area contributed by atoms with E-state index in [4.69, 9.17) is 27.9 Å². The fraction of sp³-hybridized carbons (Fsp3) is 0.167. The smallest absolute Gasteiger partial charge is 0.339 e. The van der Waals surface area contributed by atoms with Gasteiger partial charge in [-0.2, -0.15) is 0 Å². The van der Waals surface area contributed by atoms with E-state index in [0.717, 1.165) is 29.3 Å². The van der Waals surface area contributed by atoms with Gasteiger partial charge in [-0.25, -0.2) is 4.79 Å². The Balaban J connectivity index is 1.56. The highest BCUT2D eigenvalue weighted by Gasteiger charge is 2.11. The number of fused-ring (bicyclic) bond motifs is 1. The van der Waals surface area contributed by atoms with Crippen molar-refractivity contribution in [2.75, 3.05) is 6.61 Å². The molecular formula is C18H15Cl2NO2. The molecule has 0 aliphatic rings. The van der Waals surface area contributed by atoms with Crippen molar-refractivity contribution >= 4 is 40.1 Å². The Hall–Kier alpha value is -1.97. The molecule has 0 bridgehead atoms. The third kappa shape index (κ3) is 3.69. The summed E-state index contributed by atoms with van der Waals surface area (Å²) in [4.78, 5) is 15.2. The van der Waals surface area contributed by atoms with Crippen LogP contribution >= 0.6 is 23.2 Å². The van der Waals surface area contributed by atoms with Crippen LogP contribution < -0.4 is 0 Å². The fourth-order valence-electron chi connectivity index (χ4n) is 2.49. The van der Waals surface area contributed by atoms with E-state index in [2.05, 4.69) is 4.98 Å². The zero-order chi connectivity index (χ0) is 16.2. The first-order valence-electron chi connectivity index (χ1n) is 7.32. The number of esters is 1. The molecule has 1 heterocycles. The molecule has 0 fully saturated rings. The molecular weight excluding hydrogens is 333 g/mol. The van der Waals surface area contributed by atoms with Crippen molar-refractivity contribution in [1.82, 2.24) is 4.98 Å². The van der Waals surface area contributed by atoms with E-state index < -0.39 is 5.97 Å². The molecule has 2 aromatic carbocycles. The second-order valence-electron chi connectivity index (χ2n) is 5.22. The van der Waals surface area contributed by atoms with Gasteiger partial charge in [-0.05, 0) is 48.7 Å². The number of carbonyl (C=O) groups excluding carboxylic acids is 1. The molecule has 0 saturated heterocycles. The van der Waals surface area contributed by atoms with Crippen LogP contribution in [0.5, 0.6) is 0 Å². The summed E-state index contributed by atoms with van der Waals surface area (Å²) in [7, 11) is 0. The Morgan fingerprint density at radius 1 is 1.13 bits per heavy atom. The average molecular weight is 348 g/mol. The van der Waals surface area contributed by atoms with Crippen molar-refractivity contribution in [2.45, 2.75) is 12.8 Å². The maximum absolute atomic E-state index is 12.0. The topological polar surface area (TPSA) is 42.1 Å². The van der Waals surface area contributed by atoms with Crippen molar-refractivity contribution in [3.05, 3.63) is 69.8 Å². The second-order valence-corrected chi connectivity index (χ2v) is 6.07. The lowest BCUT2D eigenvalue weighted by Crippen LogP contribution is -2.07. The molecule has 0 atom stereocenters. The number of halogens is 2. The van der Waals surface area contributed by atoms with Crippen LogP contribution in [0, 0.1) is 0 Å². The Morgan fingerprint density at radius 3 is 2.78 bits per heavy atom. The number of nitrogens with one attached hydrogen (secondary N) is 1. The quantitative estimate of drug-likeness (QED) is 0.504. The molecule has 0 aliphatic carbocycles. The van der Waals surface area contributed by atoms with Crippen LogP contribution in [0.3, 0.4) is 0 Å². The normalized spacial score (nSPS) is 10.9. The average Bonchev–Trinajstić information content (AvgIpc) is 2.94. The molecule has 0 radical (unpaired) electrons. The van der Waals surface area contributed by atoms with Crippen LogP contribution in [0.1, 0.15) is 22.3 Å². The molecule has 5 heteroatoms. The number of aromatic amines is 1. The number of aromatic nitrogens is 1. The molecule has 118 valence electrons. The number of H-pyrrole nitrogens is 1. The molecule has 3 rings (SSSR count). The van der Waals surface area contributed by atoms with Crippen molar-refractivity contribution in [3.63, 3.8) is 0 Å². The van der Waals surface area contributed by atoms with Crippen LogP contribution in [0.4, 0.5) is 0 Å². The molecule has 0 saturated carbocycles. The molecule has 1 aromatic heterocycles. The lowest BCUT2D eigenvalue weighted by Gasteiger charge is -2.06. The number of hydrogen-bond donors (Lipinski definition) is 1. The van der Waals surface area contributed by atoms with E-state index in [1.165, 1.54) is 0 Å². The predicted molar refractivity (Wildman–Crippen MR) is 93.4 cm³/mol. The van der Waals surface area contributed by atoms with E-state index >= 15 is 0 Å². The van der Waals surface area contributed by atoms with Gasteiger partial charge in [0.2, 0.25) is 0 Å². The van der Waals surface area contributed by atoms with Crippen LogP contribution in [0.15, 0.2) is 48.7 Å². The summed E-state index contributed by atoms with van der Waals surface area (Å²) in [5, 5.41) is 2.22. The number of rotatable bonds is 5. The van der Waals surface area contributed by atoms with Gasteiger partial charge >= 0.3 is 5.97 Å². The molecule has 0 unspecified atom stereocenters. The first kappa shape index (κ1) is 15.9. The molecule has 3 nitrogen and oxygen atoms in total. The van der Waals surface area contributed by atoms with Crippen LogP contribution in [0.25, 0.3) is 10.9 Å². The minimum atomic E-state index is -0.391. The minimum absolute atomic E-state index is 0.345. The van der Waals surface area contributed by atoms with E-state index in [-0.39, 0.29) is 0 Å². The Bertz CT molecular complexity index is 842. The lowest BCUT2D eigenvalue weighted by molar-refractivity contribution is 0.0501. The number of hydrogen-bond acceptors (Lipinski definition) is 2. The highest BCUT2D eigenvalue weighted by atomic mass is 35.5. The van der Waals surface area contributed by atoms with E-state index in [0.29, 0.717) is 22.2 Å². The Labute approximate surface area is 144 Å². The lowest BCUT2D eigenvalue weighted by atomic mass is 10.1. The van der Waals surface area contributed by atoms with Gasteiger partial charge in [0.1, 0.15) is 0 Å². The van der Waals surface area contributed by atoms with Gasteiger partial charge in [0.25, 0.3) is 0 Å². The fourth-order valence-corrected chi connectivity index (χ4v) is 2.87. The molecule has 0 amide bonds. The molecule has 23 heavy (non-hydrogen) atoms. The third-order valence-electron chi connectivity index (χ3n) is 3.65. The van der Waals surface area contributed by atoms with E-state index in [1.807, 2.05) is 24.4 Å². The molecule has 3 aromatic rings. The van der Waals surface area contributed by atoms with Crippen molar-refractivity contribution in [2.24, 2.45) is 0 Å². The summed E-state index contributed by atoms with van der Waals surface area (Å²) >= 11 is 12.0. The van der Waals surface area contributed by atoms with E-state index in [1.54, 1.807) is 24.3 Å². The first-order valence-corrected chi connectivity index (χ1v) is 8.08. The number of ether oxygens (including phenoxy) is 1. The largest absolute Gasteiger partial charge is 0.462 e. The van der Waals surface area contributed by atoms with Crippen molar-refractivity contribution in [1.29, 1.82) is 0 Å². The summed E-state index contributed by atoms with van der Waals surface area (Å²) in [6.07, 6.45) is 3.50. The van der Waals surface area contributed by atoms with Gasteiger partial charge in [0.15, 0.2) is 0 Å². The Kier molecular flexibility index (Phi) is 4.89.